The van der Waals surface area contributed by atoms with E-state index in [0.717, 1.165) is 22.8 Å². The number of alkyl halides is 3. The van der Waals surface area contributed by atoms with E-state index in [1.807, 2.05) is 0 Å². The SMILES string of the molecule is N#Cc1cccc(Oc2c(C(F)(F)F)ncn(CC3C=CC(=O)N=N3)c2=O)c1F. The van der Waals surface area contributed by atoms with Crippen molar-refractivity contribution >= 4 is 5.91 Å². The summed E-state index contributed by atoms with van der Waals surface area (Å²) < 4.78 is 59.8. The Hall–Kier alpha value is -3.88. The summed E-state index contributed by atoms with van der Waals surface area (Å²) in [6.45, 7) is -0.283. The quantitative estimate of drug-likeness (QED) is 0.724. The molecule has 1 unspecified atom stereocenters. The Balaban J connectivity index is 2.05. The lowest BCUT2D eigenvalue weighted by atomic mass is 10.2. The number of aromatic nitrogens is 2. The van der Waals surface area contributed by atoms with E-state index in [1.54, 1.807) is 0 Å². The highest BCUT2D eigenvalue weighted by Gasteiger charge is 2.39. The highest BCUT2D eigenvalue weighted by molar-refractivity contribution is 5.88. The monoisotopic (exact) mass is 407 g/mol. The summed E-state index contributed by atoms with van der Waals surface area (Å²) in [5.41, 5.74) is -3.39. The fourth-order valence-corrected chi connectivity index (χ4v) is 2.38. The lowest BCUT2D eigenvalue weighted by molar-refractivity contribution is -0.142. The normalized spacial score (nSPS) is 16.0. The fraction of sp³-hybridized carbons (Fsp3) is 0.176. The number of nitrogens with zero attached hydrogens (tertiary/aromatic N) is 5. The largest absolute Gasteiger partial charge is 0.446 e. The molecule has 1 aromatic carbocycles. The van der Waals surface area contributed by atoms with E-state index >= 15 is 0 Å². The predicted octanol–water partition coefficient (Wildman–Crippen LogP) is 2.98. The molecule has 0 saturated heterocycles. The van der Waals surface area contributed by atoms with Crippen LogP contribution in [0.1, 0.15) is 11.3 Å². The van der Waals surface area contributed by atoms with E-state index in [0.29, 0.717) is 6.33 Å². The molecule has 8 nitrogen and oxygen atoms in total. The molecule has 2 aromatic rings. The van der Waals surface area contributed by atoms with Gasteiger partial charge >= 0.3 is 6.18 Å². The molecule has 1 aliphatic rings. The van der Waals surface area contributed by atoms with Crippen molar-refractivity contribution in [1.29, 1.82) is 5.26 Å². The molecule has 1 amide bonds. The second-order valence-corrected chi connectivity index (χ2v) is 5.69. The molecule has 1 aromatic heterocycles. The van der Waals surface area contributed by atoms with Crippen LogP contribution in [0.4, 0.5) is 17.6 Å². The average molecular weight is 407 g/mol. The summed E-state index contributed by atoms with van der Waals surface area (Å²) in [6.07, 6.45) is -2.01. The number of rotatable bonds is 4. The predicted molar refractivity (Wildman–Crippen MR) is 87.5 cm³/mol. The van der Waals surface area contributed by atoms with Crippen LogP contribution < -0.4 is 10.3 Å². The smallest absolute Gasteiger partial charge is 0.437 e. The van der Waals surface area contributed by atoms with Crippen LogP contribution in [0.15, 0.2) is 51.7 Å². The third-order valence-electron chi connectivity index (χ3n) is 3.71. The van der Waals surface area contributed by atoms with Gasteiger partial charge in [0, 0.05) is 6.08 Å². The van der Waals surface area contributed by atoms with Gasteiger partial charge in [0.25, 0.3) is 11.5 Å². The van der Waals surface area contributed by atoms with E-state index in [9.17, 15) is 27.2 Å². The Morgan fingerprint density at radius 3 is 2.66 bits per heavy atom. The lowest BCUT2D eigenvalue weighted by Crippen LogP contribution is -2.29. The number of nitriles is 1. The summed E-state index contributed by atoms with van der Waals surface area (Å²) >= 11 is 0. The Morgan fingerprint density at radius 1 is 1.28 bits per heavy atom. The summed E-state index contributed by atoms with van der Waals surface area (Å²) in [5, 5.41) is 15.7. The van der Waals surface area contributed by atoms with Crippen molar-refractivity contribution in [2.45, 2.75) is 18.8 Å². The van der Waals surface area contributed by atoms with Gasteiger partial charge in [0.15, 0.2) is 17.3 Å². The minimum absolute atomic E-state index is 0.283. The van der Waals surface area contributed by atoms with E-state index in [-0.39, 0.29) is 6.54 Å². The number of ether oxygens (including phenoxy) is 1. The molecular formula is C17H9F4N5O3. The first-order chi connectivity index (χ1) is 13.7. The maximum absolute atomic E-state index is 14.2. The lowest BCUT2D eigenvalue weighted by Gasteiger charge is -2.16. The molecule has 0 saturated carbocycles. The first-order valence-electron chi connectivity index (χ1n) is 7.87. The Labute approximate surface area is 159 Å². The van der Waals surface area contributed by atoms with Gasteiger partial charge in [0.05, 0.1) is 18.4 Å². The molecular weight excluding hydrogens is 398 g/mol. The molecule has 1 aliphatic heterocycles. The van der Waals surface area contributed by atoms with Crippen molar-refractivity contribution in [3.63, 3.8) is 0 Å². The van der Waals surface area contributed by atoms with Crippen LogP contribution in [0.2, 0.25) is 0 Å². The molecule has 0 bridgehead atoms. The zero-order valence-corrected chi connectivity index (χ0v) is 14.2. The zero-order chi connectivity index (χ0) is 21.2. The highest BCUT2D eigenvalue weighted by Crippen LogP contribution is 2.35. The Morgan fingerprint density at radius 2 is 2.03 bits per heavy atom. The van der Waals surface area contributed by atoms with Gasteiger partial charge in [-0.05, 0) is 12.1 Å². The summed E-state index contributed by atoms with van der Waals surface area (Å²) in [5.74, 6) is -3.84. The van der Waals surface area contributed by atoms with Crippen LogP contribution in [-0.4, -0.2) is 21.5 Å². The van der Waals surface area contributed by atoms with Crippen molar-refractivity contribution in [2.24, 2.45) is 10.2 Å². The molecule has 0 N–H and O–H groups in total. The average Bonchev–Trinajstić information content (AvgIpc) is 2.67. The summed E-state index contributed by atoms with van der Waals surface area (Å²) in [6, 6.07) is 3.97. The van der Waals surface area contributed by atoms with Gasteiger partial charge in [-0.2, -0.15) is 23.5 Å². The van der Waals surface area contributed by atoms with Crippen LogP contribution in [-0.2, 0) is 17.5 Å². The van der Waals surface area contributed by atoms with Crippen LogP contribution >= 0.6 is 0 Å². The van der Waals surface area contributed by atoms with E-state index in [4.69, 9.17) is 10.00 Å². The maximum Gasteiger partial charge on any atom is 0.437 e. The molecule has 0 aliphatic carbocycles. The van der Waals surface area contributed by atoms with Crippen LogP contribution in [0.3, 0.4) is 0 Å². The van der Waals surface area contributed by atoms with Gasteiger partial charge in [-0.3, -0.25) is 14.2 Å². The van der Waals surface area contributed by atoms with Gasteiger partial charge < -0.3 is 4.74 Å². The minimum atomic E-state index is -5.06. The van der Waals surface area contributed by atoms with Crippen LogP contribution in [0.5, 0.6) is 11.5 Å². The molecule has 3 rings (SSSR count). The van der Waals surface area contributed by atoms with Crippen molar-refractivity contribution in [3.05, 3.63) is 64.1 Å². The Bertz CT molecular complexity index is 1120. The van der Waals surface area contributed by atoms with Gasteiger partial charge in [-0.1, -0.05) is 12.1 Å². The standard InChI is InChI=1S/C17H9F4N5O3/c18-13-9(6-22)2-1-3-11(13)29-14-15(17(19,20)21)23-8-26(16(14)28)7-10-4-5-12(27)25-24-10/h1-5,8,10H,7H2. The number of carbonyl (C=O) groups excluding carboxylic acids is 1. The van der Waals surface area contributed by atoms with E-state index in [2.05, 4.69) is 15.2 Å². The van der Waals surface area contributed by atoms with Crippen molar-refractivity contribution in [3.8, 4) is 17.6 Å². The minimum Gasteiger partial charge on any atom is -0.446 e. The number of carbonyl (C=O) groups is 1. The summed E-state index contributed by atoms with van der Waals surface area (Å²) in [4.78, 5) is 26.8. The van der Waals surface area contributed by atoms with Crippen LogP contribution in [0, 0.1) is 17.1 Å². The topological polar surface area (TPSA) is 110 Å². The molecule has 0 radical (unpaired) electrons. The number of hydrogen-bond acceptors (Lipinski definition) is 6. The number of azo groups is 1. The maximum atomic E-state index is 14.2. The first-order valence-corrected chi connectivity index (χ1v) is 7.87. The van der Waals surface area contributed by atoms with Crippen molar-refractivity contribution in [2.75, 3.05) is 0 Å². The fourth-order valence-electron chi connectivity index (χ4n) is 2.38. The molecule has 2 heterocycles. The first kappa shape index (κ1) is 19.9. The number of hydrogen-bond donors (Lipinski definition) is 0. The highest BCUT2D eigenvalue weighted by atomic mass is 19.4. The molecule has 29 heavy (non-hydrogen) atoms. The third kappa shape index (κ3) is 4.18. The van der Waals surface area contributed by atoms with E-state index < -0.39 is 52.3 Å². The van der Waals surface area contributed by atoms with Crippen LogP contribution in [0.25, 0.3) is 0 Å². The molecule has 0 fully saturated rings. The second kappa shape index (κ2) is 7.63. The number of benzene rings is 1. The molecule has 1 atom stereocenters. The molecule has 148 valence electrons. The number of halogens is 4. The zero-order valence-electron chi connectivity index (χ0n) is 14.2. The molecule has 12 heteroatoms. The van der Waals surface area contributed by atoms with Crippen molar-refractivity contribution in [1.82, 2.24) is 9.55 Å². The van der Waals surface area contributed by atoms with Gasteiger partial charge in [0.1, 0.15) is 12.1 Å². The Kier molecular flexibility index (Phi) is 5.22. The van der Waals surface area contributed by atoms with Gasteiger partial charge in [-0.15, -0.1) is 5.11 Å². The molecule has 0 spiro atoms. The summed E-state index contributed by atoms with van der Waals surface area (Å²) in [7, 11) is 0. The van der Waals surface area contributed by atoms with Gasteiger partial charge in [0.2, 0.25) is 5.75 Å². The van der Waals surface area contributed by atoms with E-state index in [1.165, 1.54) is 18.2 Å². The van der Waals surface area contributed by atoms with Crippen molar-refractivity contribution < 1.29 is 27.1 Å². The third-order valence-corrected chi connectivity index (χ3v) is 3.71. The second-order valence-electron chi connectivity index (χ2n) is 5.69. The number of amides is 1. The van der Waals surface area contributed by atoms with Gasteiger partial charge in [-0.25, -0.2) is 9.37 Å².